The number of alkyl halides is 2. The minimum Gasteiger partial charge on any atom is -0.395 e. The molecule has 6 heteroatoms. The minimum atomic E-state index is -2.43. The Labute approximate surface area is 123 Å². The quantitative estimate of drug-likeness (QED) is 0.735. The van der Waals surface area contributed by atoms with Crippen LogP contribution in [0.15, 0.2) is 24.3 Å². The van der Waals surface area contributed by atoms with Gasteiger partial charge in [0.25, 0.3) is 6.43 Å². The lowest BCUT2D eigenvalue weighted by Gasteiger charge is -2.20. The van der Waals surface area contributed by atoms with Gasteiger partial charge in [-0.05, 0) is 37.6 Å². The van der Waals surface area contributed by atoms with Crippen molar-refractivity contribution in [1.82, 2.24) is 4.90 Å². The number of nitrogens with one attached hydrogen (secondary N) is 1. The first-order valence-electron chi connectivity index (χ1n) is 6.99. The van der Waals surface area contributed by atoms with Crippen molar-refractivity contribution in [1.29, 1.82) is 0 Å². The van der Waals surface area contributed by atoms with Gasteiger partial charge in [-0.2, -0.15) is 0 Å². The van der Waals surface area contributed by atoms with Crippen LogP contribution in [0.25, 0.3) is 0 Å². The highest BCUT2D eigenvalue weighted by Crippen LogP contribution is 2.10. The largest absolute Gasteiger partial charge is 0.395 e. The third-order valence-corrected chi connectivity index (χ3v) is 2.99. The topological polar surface area (TPSA) is 52.6 Å². The summed E-state index contributed by atoms with van der Waals surface area (Å²) in [6.07, 6.45) is -1.69. The normalized spacial score (nSPS) is 11.1. The second-order valence-electron chi connectivity index (χ2n) is 4.94. The van der Waals surface area contributed by atoms with Gasteiger partial charge < -0.3 is 10.4 Å². The lowest BCUT2D eigenvalue weighted by Crippen LogP contribution is -2.33. The number of hydrogen-bond acceptors (Lipinski definition) is 3. The fourth-order valence-corrected chi connectivity index (χ4v) is 2.04. The highest BCUT2D eigenvalue weighted by Gasteiger charge is 2.12. The molecule has 0 atom stereocenters. The maximum absolute atomic E-state index is 12.3. The summed E-state index contributed by atoms with van der Waals surface area (Å²) in [5.74, 6) is -0.137. The van der Waals surface area contributed by atoms with Crippen LogP contribution in [0.4, 0.5) is 14.5 Å². The Hall–Kier alpha value is -1.53. The molecule has 0 aliphatic rings. The molecule has 2 N–H and O–H groups in total. The van der Waals surface area contributed by atoms with Crippen molar-refractivity contribution in [3.63, 3.8) is 0 Å². The van der Waals surface area contributed by atoms with Crippen molar-refractivity contribution in [2.75, 3.05) is 31.6 Å². The van der Waals surface area contributed by atoms with E-state index in [1.807, 2.05) is 25.1 Å². The Morgan fingerprint density at radius 1 is 1.38 bits per heavy atom. The number of rotatable bonds is 9. The summed E-state index contributed by atoms with van der Waals surface area (Å²) in [5.41, 5.74) is 1.79. The molecule has 0 aliphatic carbocycles. The Morgan fingerprint density at radius 2 is 2.14 bits per heavy atom. The molecule has 4 nitrogen and oxygen atoms in total. The molecule has 21 heavy (non-hydrogen) atoms. The number of nitrogens with zero attached hydrogens (tertiary/aromatic N) is 1. The van der Waals surface area contributed by atoms with Gasteiger partial charge in [-0.1, -0.05) is 12.1 Å². The van der Waals surface area contributed by atoms with E-state index in [-0.39, 0.29) is 32.0 Å². The van der Waals surface area contributed by atoms with Crippen molar-refractivity contribution in [3.8, 4) is 0 Å². The first-order chi connectivity index (χ1) is 10.0. The molecule has 118 valence electrons. The number of amides is 1. The molecule has 0 fully saturated rings. The zero-order chi connectivity index (χ0) is 15.7. The number of aryl methyl sites for hydroxylation is 1. The molecule has 1 amide bonds. The summed E-state index contributed by atoms with van der Waals surface area (Å²) in [6, 6.07) is 7.47. The SMILES string of the molecule is Cc1cccc(NC(=O)CCCN(CCO)CC(F)F)c1. The number of carbonyl (C=O) groups is 1. The van der Waals surface area contributed by atoms with Gasteiger partial charge in [-0.15, -0.1) is 0 Å². The number of hydrogen-bond donors (Lipinski definition) is 2. The predicted octanol–water partition coefficient (Wildman–Crippen LogP) is 2.27. The number of benzene rings is 1. The molecule has 1 aromatic carbocycles. The highest BCUT2D eigenvalue weighted by molar-refractivity contribution is 5.90. The van der Waals surface area contributed by atoms with E-state index in [9.17, 15) is 13.6 Å². The van der Waals surface area contributed by atoms with Crippen molar-refractivity contribution in [2.45, 2.75) is 26.2 Å². The molecule has 1 rings (SSSR count). The van der Waals surface area contributed by atoms with Gasteiger partial charge in [0.1, 0.15) is 0 Å². The predicted molar refractivity (Wildman–Crippen MR) is 78.6 cm³/mol. The monoisotopic (exact) mass is 300 g/mol. The minimum absolute atomic E-state index is 0.137. The zero-order valence-electron chi connectivity index (χ0n) is 12.2. The molecule has 0 heterocycles. The summed E-state index contributed by atoms with van der Waals surface area (Å²) in [5, 5.41) is 11.6. The first-order valence-corrected chi connectivity index (χ1v) is 6.99. The summed E-state index contributed by atoms with van der Waals surface area (Å²) in [4.78, 5) is 13.2. The second kappa shape index (κ2) is 9.41. The third-order valence-electron chi connectivity index (χ3n) is 2.99. The van der Waals surface area contributed by atoms with Gasteiger partial charge in [0, 0.05) is 18.7 Å². The second-order valence-corrected chi connectivity index (χ2v) is 4.94. The van der Waals surface area contributed by atoms with Gasteiger partial charge in [-0.3, -0.25) is 9.69 Å². The van der Waals surface area contributed by atoms with E-state index < -0.39 is 6.43 Å². The Morgan fingerprint density at radius 3 is 2.76 bits per heavy atom. The molecule has 0 aliphatic heterocycles. The Bertz CT molecular complexity index is 441. The van der Waals surface area contributed by atoms with Crippen LogP contribution in [-0.2, 0) is 4.79 Å². The number of aliphatic hydroxyl groups is 1. The van der Waals surface area contributed by atoms with E-state index >= 15 is 0 Å². The van der Waals surface area contributed by atoms with E-state index in [1.54, 1.807) is 6.07 Å². The van der Waals surface area contributed by atoms with E-state index in [0.717, 1.165) is 11.3 Å². The molecule has 0 aromatic heterocycles. The molecule has 0 bridgehead atoms. The summed E-state index contributed by atoms with van der Waals surface area (Å²) in [6.45, 7) is 1.96. The number of halogens is 2. The van der Waals surface area contributed by atoms with Crippen LogP contribution in [0.3, 0.4) is 0 Å². The summed E-state index contributed by atoms with van der Waals surface area (Å²) < 4.78 is 24.6. The van der Waals surface area contributed by atoms with Gasteiger partial charge in [0.15, 0.2) is 0 Å². The molecule has 1 aromatic rings. The van der Waals surface area contributed by atoms with Crippen LogP contribution in [0.2, 0.25) is 0 Å². The van der Waals surface area contributed by atoms with Crippen molar-refractivity contribution >= 4 is 11.6 Å². The molecule has 0 spiro atoms. The van der Waals surface area contributed by atoms with Crippen molar-refractivity contribution < 1.29 is 18.7 Å². The molecule has 0 radical (unpaired) electrons. The first kappa shape index (κ1) is 17.5. The van der Waals surface area contributed by atoms with Crippen LogP contribution in [-0.4, -0.2) is 48.6 Å². The smallest absolute Gasteiger partial charge is 0.251 e. The van der Waals surface area contributed by atoms with E-state index in [1.165, 1.54) is 4.90 Å². The van der Waals surface area contributed by atoms with Crippen molar-refractivity contribution in [3.05, 3.63) is 29.8 Å². The lowest BCUT2D eigenvalue weighted by molar-refractivity contribution is -0.116. The van der Waals surface area contributed by atoms with Gasteiger partial charge in [-0.25, -0.2) is 8.78 Å². The van der Waals surface area contributed by atoms with E-state index in [4.69, 9.17) is 5.11 Å². The van der Waals surface area contributed by atoms with Crippen LogP contribution in [0.1, 0.15) is 18.4 Å². The molecule has 0 unspecified atom stereocenters. The fourth-order valence-electron chi connectivity index (χ4n) is 2.04. The zero-order valence-corrected chi connectivity index (χ0v) is 12.2. The van der Waals surface area contributed by atoms with Crippen LogP contribution >= 0.6 is 0 Å². The van der Waals surface area contributed by atoms with Crippen LogP contribution < -0.4 is 5.32 Å². The maximum Gasteiger partial charge on any atom is 0.251 e. The maximum atomic E-state index is 12.3. The van der Waals surface area contributed by atoms with E-state index in [0.29, 0.717) is 13.0 Å². The number of carbonyl (C=O) groups excluding carboxylic acids is 1. The van der Waals surface area contributed by atoms with Crippen molar-refractivity contribution in [2.24, 2.45) is 0 Å². The third kappa shape index (κ3) is 7.72. The molecular weight excluding hydrogens is 278 g/mol. The number of anilines is 1. The Kier molecular flexibility index (Phi) is 7.85. The lowest BCUT2D eigenvalue weighted by atomic mass is 10.2. The van der Waals surface area contributed by atoms with Gasteiger partial charge in [0.2, 0.25) is 5.91 Å². The molecule has 0 saturated carbocycles. The van der Waals surface area contributed by atoms with Crippen LogP contribution in [0.5, 0.6) is 0 Å². The highest BCUT2D eigenvalue weighted by atomic mass is 19.3. The average Bonchev–Trinajstić information content (AvgIpc) is 2.38. The molecule has 0 saturated heterocycles. The molecular formula is C15H22F2N2O2. The number of aliphatic hydroxyl groups excluding tert-OH is 1. The summed E-state index contributed by atoms with van der Waals surface area (Å²) >= 11 is 0. The Balaban J connectivity index is 2.31. The van der Waals surface area contributed by atoms with Gasteiger partial charge >= 0.3 is 0 Å². The standard InChI is InChI=1S/C15H22F2N2O2/c1-12-4-2-5-13(10-12)18-15(21)6-3-7-19(8-9-20)11-14(16)17/h2,4-5,10,14,20H,3,6-9,11H2,1H3,(H,18,21). The average molecular weight is 300 g/mol. The van der Waals surface area contributed by atoms with E-state index in [2.05, 4.69) is 5.32 Å². The summed E-state index contributed by atoms with van der Waals surface area (Å²) in [7, 11) is 0. The van der Waals surface area contributed by atoms with Gasteiger partial charge in [0.05, 0.1) is 13.2 Å². The fraction of sp³-hybridized carbons (Fsp3) is 0.533. The van der Waals surface area contributed by atoms with Crippen LogP contribution in [0, 0.1) is 6.92 Å².